The van der Waals surface area contributed by atoms with Gasteiger partial charge in [0.15, 0.2) is 0 Å². The highest BCUT2D eigenvalue weighted by Crippen LogP contribution is 2.12. The van der Waals surface area contributed by atoms with Gasteiger partial charge >= 0.3 is 0 Å². The summed E-state index contributed by atoms with van der Waals surface area (Å²) in [5.74, 6) is -0.156. The van der Waals surface area contributed by atoms with Crippen LogP contribution in [0.2, 0.25) is 0 Å². The minimum atomic E-state index is -0.156. The Morgan fingerprint density at radius 1 is 0.654 bits per heavy atom. The normalized spacial score (nSPS) is 10.7. The van der Waals surface area contributed by atoms with Gasteiger partial charge in [-0.2, -0.15) is 0 Å². The minimum absolute atomic E-state index is 0.156. The number of unbranched alkanes of at least 4 members (excludes halogenated alkanes) is 15. The summed E-state index contributed by atoms with van der Waals surface area (Å²) in [6.07, 6.45) is 27.8. The topological polar surface area (TPSA) is 63.3 Å². The molecule has 3 N–H and O–H groups in total. The molecule has 0 unspecified atom stereocenters. The molecule has 0 saturated heterocycles. The molecule has 3 nitrogen and oxygen atoms in total. The second-order valence-corrected chi connectivity index (χ2v) is 7.21. The van der Waals surface area contributed by atoms with Gasteiger partial charge in [-0.1, -0.05) is 96.1 Å². The van der Waals surface area contributed by atoms with Crippen molar-refractivity contribution >= 4 is 5.91 Å². The number of primary amides is 1. The van der Waals surface area contributed by atoms with Crippen LogP contribution in [0.1, 0.15) is 122 Å². The molecule has 156 valence electrons. The van der Waals surface area contributed by atoms with Gasteiger partial charge in [0.1, 0.15) is 0 Å². The molecule has 0 atom stereocenters. The van der Waals surface area contributed by atoms with Crippen LogP contribution in [0.3, 0.4) is 0 Å². The first-order chi connectivity index (χ1) is 12.8. The lowest BCUT2D eigenvalue weighted by Gasteiger charge is -2.01. The first kappa shape index (κ1) is 27.4. The Bertz CT molecular complexity index is 290. The number of rotatable bonds is 19. The molecular formula is C23H47NO2. The van der Waals surface area contributed by atoms with Crippen LogP contribution in [-0.2, 0) is 4.79 Å². The van der Waals surface area contributed by atoms with Gasteiger partial charge in [-0.25, -0.2) is 0 Å². The smallest absolute Gasteiger partial charge is 0.217 e. The average molecular weight is 370 g/mol. The first-order valence-corrected chi connectivity index (χ1v) is 11.2. The molecule has 0 rings (SSSR count). The molecule has 0 saturated carbocycles. The van der Waals surface area contributed by atoms with E-state index >= 15 is 0 Å². The zero-order valence-corrected chi connectivity index (χ0v) is 17.8. The van der Waals surface area contributed by atoms with Crippen LogP contribution in [-0.4, -0.2) is 18.1 Å². The Morgan fingerprint density at radius 3 is 1.38 bits per heavy atom. The average Bonchev–Trinajstić information content (AvgIpc) is 2.65. The summed E-state index contributed by atoms with van der Waals surface area (Å²) in [5, 5.41) is 7.00. The van der Waals surface area contributed by atoms with E-state index in [1.54, 1.807) is 0 Å². The highest BCUT2D eigenvalue weighted by atomic mass is 16.2. The highest BCUT2D eigenvalue weighted by molar-refractivity contribution is 5.73. The summed E-state index contributed by atoms with van der Waals surface area (Å²) in [7, 11) is 1.00. The van der Waals surface area contributed by atoms with Crippen molar-refractivity contribution in [1.82, 2.24) is 0 Å². The lowest BCUT2D eigenvalue weighted by molar-refractivity contribution is -0.118. The van der Waals surface area contributed by atoms with Gasteiger partial charge in [0.25, 0.3) is 0 Å². The molecule has 0 bridgehead atoms. The van der Waals surface area contributed by atoms with Crippen molar-refractivity contribution in [3.05, 3.63) is 12.2 Å². The summed E-state index contributed by atoms with van der Waals surface area (Å²) in [6, 6.07) is 0. The highest BCUT2D eigenvalue weighted by Gasteiger charge is 1.95. The van der Waals surface area contributed by atoms with E-state index in [4.69, 9.17) is 10.8 Å². The van der Waals surface area contributed by atoms with Crippen molar-refractivity contribution in [2.24, 2.45) is 5.73 Å². The molecule has 0 radical (unpaired) electrons. The van der Waals surface area contributed by atoms with Gasteiger partial charge in [-0.3, -0.25) is 4.79 Å². The summed E-state index contributed by atoms with van der Waals surface area (Å²) >= 11 is 0. The largest absolute Gasteiger partial charge is 0.400 e. The number of aliphatic hydroxyl groups excluding tert-OH is 1. The van der Waals surface area contributed by atoms with E-state index in [9.17, 15) is 4.79 Å². The summed E-state index contributed by atoms with van der Waals surface area (Å²) in [6.45, 7) is 2.28. The van der Waals surface area contributed by atoms with Gasteiger partial charge in [0.2, 0.25) is 5.91 Å². The van der Waals surface area contributed by atoms with Gasteiger partial charge in [0.05, 0.1) is 0 Å². The zero-order valence-electron chi connectivity index (χ0n) is 17.8. The van der Waals surface area contributed by atoms with Crippen molar-refractivity contribution in [3.8, 4) is 0 Å². The summed E-state index contributed by atoms with van der Waals surface area (Å²) < 4.78 is 0. The number of amides is 1. The van der Waals surface area contributed by atoms with E-state index in [1.807, 2.05) is 0 Å². The lowest BCUT2D eigenvalue weighted by atomic mass is 10.1. The van der Waals surface area contributed by atoms with E-state index in [2.05, 4.69) is 19.1 Å². The first-order valence-electron chi connectivity index (χ1n) is 11.2. The van der Waals surface area contributed by atoms with Crippen molar-refractivity contribution in [2.45, 2.75) is 122 Å². The van der Waals surface area contributed by atoms with Crippen molar-refractivity contribution < 1.29 is 9.90 Å². The fraction of sp³-hybridized carbons (Fsp3) is 0.870. The number of carbonyl (C=O) groups excluding carboxylic acids is 1. The molecule has 0 fully saturated rings. The number of aliphatic hydroxyl groups is 1. The molecule has 3 heteroatoms. The Balaban J connectivity index is 0. The Labute approximate surface area is 163 Å². The Morgan fingerprint density at radius 2 is 1.00 bits per heavy atom. The van der Waals surface area contributed by atoms with E-state index in [0.29, 0.717) is 6.42 Å². The fourth-order valence-electron chi connectivity index (χ4n) is 3.08. The quantitative estimate of drug-likeness (QED) is 0.197. The van der Waals surface area contributed by atoms with Crippen LogP contribution < -0.4 is 5.73 Å². The van der Waals surface area contributed by atoms with E-state index in [1.165, 1.54) is 96.3 Å². The monoisotopic (exact) mass is 369 g/mol. The fourth-order valence-corrected chi connectivity index (χ4v) is 3.08. The maximum atomic E-state index is 10.6. The second kappa shape index (κ2) is 26.4. The molecule has 26 heavy (non-hydrogen) atoms. The number of hydrogen-bond acceptors (Lipinski definition) is 2. The Hall–Kier alpha value is -0.830. The molecular weight excluding hydrogens is 322 g/mol. The molecule has 0 spiro atoms. The summed E-state index contributed by atoms with van der Waals surface area (Å²) in [4.78, 5) is 10.6. The van der Waals surface area contributed by atoms with Crippen LogP contribution in [0.15, 0.2) is 12.2 Å². The molecule has 0 aromatic heterocycles. The SMILES string of the molecule is CCCCCCCCC=CCCCCCCCCCCCC(N)=O.CO. The van der Waals surface area contributed by atoms with Gasteiger partial charge in [0, 0.05) is 13.5 Å². The predicted molar refractivity (Wildman–Crippen MR) is 115 cm³/mol. The third-order valence-corrected chi connectivity index (χ3v) is 4.68. The number of hydrogen-bond donors (Lipinski definition) is 2. The zero-order chi connectivity index (χ0) is 19.7. The lowest BCUT2D eigenvalue weighted by Crippen LogP contribution is -2.09. The van der Waals surface area contributed by atoms with Crippen LogP contribution >= 0.6 is 0 Å². The maximum absolute atomic E-state index is 10.6. The van der Waals surface area contributed by atoms with E-state index in [-0.39, 0.29) is 5.91 Å². The summed E-state index contributed by atoms with van der Waals surface area (Å²) in [5.41, 5.74) is 5.13. The predicted octanol–water partition coefficient (Wildman–Crippen LogP) is 6.68. The van der Waals surface area contributed by atoms with Crippen molar-refractivity contribution in [2.75, 3.05) is 7.11 Å². The van der Waals surface area contributed by atoms with Crippen LogP contribution in [0.4, 0.5) is 0 Å². The van der Waals surface area contributed by atoms with Gasteiger partial charge in [-0.05, 0) is 32.1 Å². The number of nitrogens with two attached hydrogens (primary N) is 1. The minimum Gasteiger partial charge on any atom is -0.400 e. The second-order valence-electron chi connectivity index (χ2n) is 7.21. The third-order valence-electron chi connectivity index (χ3n) is 4.68. The number of carbonyl (C=O) groups is 1. The third kappa shape index (κ3) is 28.0. The molecule has 0 heterocycles. The van der Waals surface area contributed by atoms with Crippen LogP contribution in [0.5, 0.6) is 0 Å². The van der Waals surface area contributed by atoms with Crippen LogP contribution in [0.25, 0.3) is 0 Å². The number of allylic oxidation sites excluding steroid dienone is 2. The molecule has 0 aliphatic rings. The maximum Gasteiger partial charge on any atom is 0.217 e. The molecule has 0 aromatic carbocycles. The van der Waals surface area contributed by atoms with E-state index < -0.39 is 0 Å². The van der Waals surface area contributed by atoms with Crippen molar-refractivity contribution in [1.29, 1.82) is 0 Å². The van der Waals surface area contributed by atoms with Gasteiger partial charge in [-0.15, -0.1) is 0 Å². The van der Waals surface area contributed by atoms with Gasteiger partial charge < -0.3 is 10.8 Å². The standard InChI is InChI=1S/C22H43NO.CH4O/c1-2-3-4-5-6-7-8-9-10-11-12-13-14-15-16-17-18-19-20-21-22(23)24;1-2/h9-10H,2-8,11-21H2,1H3,(H2,23,24);2H,1H3. The molecule has 0 aliphatic heterocycles. The molecule has 0 aromatic rings. The van der Waals surface area contributed by atoms with Crippen molar-refractivity contribution in [3.63, 3.8) is 0 Å². The molecule has 1 amide bonds. The van der Waals surface area contributed by atoms with E-state index in [0.717, 1.165) is 20.0 Å². The Kier molecular flexibility index (Phi) is 27.8. The van der Waals surface area contributed by atoms with Crippen LogP contribution in [0, 0.1) is 0 Å². The molecule has 0 aliphatic carbocycles.